The van der Waals surface area contributed by atoms with Crippen molar-refractivity contribution in [1.29, 1.82) is 0 Å². The molecule has 16 heavy (non-hydrogen) atoms. The van der Waals surface area contributed by atoms with Gasteiger partial charge in [0.2, 0.25) is 0 Å². The molecule has 0 unspecified atom stereocenters. The van der Waals surface area contributed by atoms with Crippen molar-refractivity contribution >= 4 is 27.5 Å². The van der Waals surface area contributed by atoms with Crippen LogP contribution in [-0.2, 0) is 0 Å². The highest BCUT2D eigenvalue weighted by molar-refractivity contribution is 9.10. The topological polar surface area (TPSA) is 81.1 Å². The van der Waals surface area contributed by atoms with E-state index in [2.05, 4.69) is 21.2 Å². The van der Waals surface area contributed by atoms with Gasteiger partial charge in [-0.2, -0.15) is 0 Å². The summed E-state index contributed by atoms with van der Waals surface area (Å²) in [4.78, 5) is 11.7. The summed E-state index contributed by atoms with van der Waals surface area (Å²) >= 11 is 3.28. The highest BCUT2D eigenvalue weighted by Crippen LogP contribution is 2.19. The number of halogens is 1. The maximum absolute atomic E-state index is 11.7. The van der Waals surface area contributed by atoms with Gasteiger partial charge in [-0.25, -0.2) is 0 Å². The minimum absolute atomic E-state index is 0.101. The van der Waals surface area contributed by atoms with Crippen LogP contribution in [0.5, 0.6) is 0 Å². The van der Waals surface area contributed by atoms with Crippen LogP contribution >= 0.6 is 15.9 Å². The fourth-order valence-corrected chi connectivity index (χ4v) is 1.50. The van der Waals surface area contributed by atoms with Crippen molar-refractivity contribution in [1.82, 2.24) is 5.32 Å². The lowest BCUT2D eigenvalue weighted by atomic mass is 10.2. The molecule has 0 saturated heterocycles. The van der Waals surface area contributed by atoms with E-state index in [-0.39, 0.29) is 5.91 Å². The fourth-order valence-electron chi connectivity index (χ4n) is 1.26. The lowest BCUT2D eigenvalue weighted by Gasteiger charge is -2.06. The summed E-state index contributed by atoms with van der Waals surface area (Å²) in [5.74, 6) is -0.101. The van der Waals surface area contributed by atoms with Gasteiger partial charge in [0.05, 0.1) is 0 Å². The summed E-state index contributed by atoms with van der Waals surface area (Å²) in [5.41, 5.74) is 12.2. The first kappa shape index (κ1) is 13.0. The molecule has 1 aromatic rings. The molecular weight excluding hydrogens is 270 g/mol. The van der Waals surface area contributed by atoms with Gasteiger partial charge in [0.25, 0.3) is 5.91 Å². The van der Waals surface area contributed by atoms with Crippen LogP contribution in [0.25, 0.3) is 0 Å². The van der Waals surface area contributed by atoms with Crippen LogP contribution < -0.4 is 16.8 Å². The summed E-state index contributed by atoms with van der Waals surface area (Å²) in [7, 11) is 0. The van der Waals surface area contributed by atoms with Gasteiger partial charge in [-0.05, 0) is 53.5 Å². The maximum atomic E-state index is 11.7. The predicted octanol–water partition coefficient (Wildman–Crippen LogP) is 1.50. The molecule has 5 heteroatoms. The van der Waals surface area contributed by atoms with Crippen molar-refractivity contribution in [2.24, 2.45) is 5.73 Å². The zero-order valence-electron chi connectivity index (χ0n) is 9.00. The van der Waals surface area contributed by atoms with Gasteiger partial charge in [0.1, 0.15) is 0 Å². The van der Waals surface area contributed by atoms with E-state index < -0.39 is 0 Å². The molecule has 1 amide bonds. The second kappa shape index (κ2) is 6.50. The molecular formula is C11H16BrN3O. The zero-order valence-corrected chi connectivity index (χ0v) is 10.6. The van der Waals surface area contributed by atoms with E-state index in [1.807, 2.05) is 0 Å². The molecule has 0 heterocycles. The molecule has 0 saturated carbocycles. The molecule has 0 atom stereocenters. The summed E-state index contributed by atoms with van der Waals surface area (Å²) in [6.07, 6.45) is 1.82. The molecule has 0 fully saturated rings. The molecule has 88 valence electrons. The molecule has 0 aliphatic rings. The third kappa shape index (κ3) is 3.83. The van der Waals surface area contributed by atoms with E-state index in [4.69, 9.17) is 11.5 Å². The number of unbranched alkanes of at least 4 members (excludes halogenated alkanes) is 1. The van der Waals surface area contributed by atoms with Gasteiger partial charge in [0, 0.05) is 22.3 Å². The van der Waals surface area contributed by atoms with E-state index in [1.54, 1.807) is 18.2 Å². The van der Waals surface area contributed by atoms with E-state index in [0.29, 0.717) is 24.3 Å². The van der Waals surface area contributed by atoms with Crippen molar-refractivity contribution in [3.05, 3.63) is 28.2 Å². The number of anilines is 1. The minimum Gasteiger partial charge on any atom is -0.398 e. The minimum atomic E-state index is -0.101. The third-order valence-corrected chi connectivity index (χ3v) is 2.90. The van der Waals surface area contributed by atoms with Gasteiger partial charge < -0.3 is 16.8 Å². The average molecular weight is 286 g/mol. The number of hydrogen-bond acceptors (Lipinski definition) is 3. The van der Waals surface area contributed by atoms with Crippen LogP contribution in [0, 0.1) is 0 Å². The Hall–Kier alpha value is -1.07. The Labute approximate surface area is 104 Å². The van der Waals surface area contributed by atoms with Crippen LogP contribution in [0.15, 0.2) is 22.7 Å². The molecule has 0 aromatic heterocycles. The molecule has 0 spiro atoms. The van der Waals surface area contributed by atoms with Crippen molar-refractivity contribution < 1.29 is 4.79 Å². The molecule has 0 aliphatic carbocycles. The molecule has 5 N–H and O–H groups in total. The fraction of sp³-hybridized carbons (Fsp3) is 0.364. The van der Waals surface area contributed by atoms with Gasteiger partial charge in [-0.15, -0.1) is 0 Å². The number of carbonyl (C=O) groups excluding carboxylic acids is 1. The summed E-state index contributed by atoms with van der Waals surface area (Å²) < 4.78 is 0.798. The number of nitrogens with two attached hydrogens (primary N) is 2. The Bertz CT molecular complexity index is 368. The van der Waals surface area contributed by atoms with Crippen molar-refractivity contribution in [2.45, 2.75) is 12.8 Å². The van der Waals surface area contributed by atoms with E-state index >= 15 is 0 Å². The molecule has 0 radical (unpaired) electrons. The lowest BCUT2D eigenvalue weighted by Crippen LogP contribution is -2.24. The van der Waals surface area contributed by atoms with Crippen LogP contribution in [0.4, 0.5) is 5.69 Å². The maximum Gasteiger partial charge on any atom is 0.251 e. The van der Waals surface area contributed by atoms with E-state index in [0.717, 1.165) is 17.3 Å². The second-order valence-corrected chi connectivity index (χ2v) is 4.34. The van der Waals surface area contributed by atoms with Gasteiger partial charge >= 0.3 is 0 Å². The smallest absolute Gasteiger partial charge is 0.251 e. The van der Waals surface area contributed by atoms with Gasteiger partial charge in [-0.1, -0.05) is 0 Å². The average Bonchev–Trinajstić information content (AvgIpc) is 2.28. The first-order valence-electron chi connectivity index (χ1n) is 5.18. The number of rotatable bonds is 5. The van der Waals surface area contributed by atoms with Crippen molar-refractivity contribution in [3.63, 3.8) is 0 Å². The SMILES string of the molecule is NCCCCNC(=O)c1ccc(Br)c(N)c1. The predicted molar refractivity (Wildman–Crippen MR) is 69.2 cm³/mol. The standard InChI is InChI=1S/C11H16BrN3O/c12-9-4-3-8(7-10(9)14)11(16)15-6-2-1-5-13/h3-4,7H,1-2,5-6,13-14H2,(H,15,16). The normalized spacial score (nSPS) is 10.1. The highest BCUT2D eigenvalue weighted by atomic mass is 79.9. The Balaban J connectivity index is 2.50. The second-order valence-electron chi connectivity index (χ2n) is 3.49. The zero-order chi connectivity index (χ0) is 12.0. The summed E-state index contributed by atoms with van der Waals surface area (Å²) in [5, 5.41) is 2.82. The van der Waals surface area contributed by atoms with Crippen molar-refractivity contribution in [3.8, 4) is 0 Å². The Morgan fingerprint density at radius 2 is 2.12 bits per heavy atom. The van der Waals surface area contributed by atoms with Crippen LogP contribution in [0.1, 0.15) is 23.2 Å². The quantitative estimate of drug-likeness (QED) is 0.566. The molecule has 1 rings (SSSR count). The number of carbonyl (C=O) groups is 1. The van der Waals surface area contributed by atoms with Gasteiger partial charge in [-0.3, -0.25) is 4.79 Å². The number of nitrogen functional groups attached to an aromatic ring is 1. The molecule has 4 nitrogen and oxygen atoms in total. The Morgan fingerprint density at radius 1 is 1.38 bits per heavy atom. The summed E-state index contributed by atoms with van der Waals surface area (Å²) in [6, 6.07) is 5.16. The van der Waals surface area contributed by atoms with Crippen LogP contribution in [0.2, 0.25) is 0 Å². The Morgan fingerprint density at radius 3 is 2.75 bits per heavy atom. The van der Waals surface area contributed by atoms with Crippen molar-refractivity contribution in [2.75, 3.05) is 18.8 Å². The summed E-state index contributed by atoms with van der Waals surface area (Å²) in [6.45, 7) is 1.30. The van der Waals surface area contributed by atoms with E-state index in [9.17, 15) is 4.79 Å². The Kier molecular flexibility index (Phi) is 5.28. The van der Waals surface area contributed by atoms with Crippen LogP contribution in [0.3, 0.4) is 0 Å². The number of benzene rings is 1. The lowest BCUT2D eigenvalue weighted by molar-refractivity contribution is 0.0953. The largest absolute Gasteiger partial charge is 0.398 e. The molecule has 0 aliphatic heterocycles. The van der Waals surface area contributed by atoms with Crippen LogP contribution in [-0.4, -0.2) is 19.0 Å². The molecule has 1 aromatic carbocycles. The number of amides is 1. The first-order chi connectivity index (χ1) is 7.65. The van der Waals surface area contributed by atoms with Gasteiger partial charge in [0.15, 0.2) is 0 Å². The monoisotopic (exact) mass is 285 g/mol. The number of hydrogen-bond donors (Lipinski definition) is 3. The molecule has 0 bridgehead atoms. The highest BCUT2D eigenvalue weighted by Gasteiger charge is 2.06. The third-order valence-electron chi connectivity index (χ3n) is 2.17. The number of nitrogens with one attached hydrogen (secondary N) is 1. The first-order valence-corrected chi connectivity index (χ1v) is 5.97. The van der Waals surface area contributed by atoms with E-state index in [1.165, 1.54) is 0 Å².